The summed E-state index contributed by atoms with van der Waals surface area (Å²) in [7, 11) is -3.25. The number of hydrogen-bond acceptors (Lipinski definition) is 4. The molecule has 1 aliphatic heterocycles. The number of carbonyl (C=O) groups excluding carboxylic acids is 1. The minimum absolute atomic E-state index is 0. The van der Waals surface area contributed by atoms with Crippen molar-refractivity contribution in [2.75, 3.05) is 23.1 Å². The summed E-state index contributed by atoms with van der Waals surface area (Å²) in [5.74, 6) is 0.421. The lowest BCUT2D eigenvalue weighted by Crippen LogP contribution is -2.45. The van der Waals surface area contributed by atoms with E-state index in [0.717, 1.165) is 12.8 Å². The van der Waals surface area contributed by atoms with Gasteiger partial charge in [0, 0.05) is 24.7 Å². The summed E-state index contributed by atoms with van der Waals surface area (Å²) in [5.41, 5.74) is 6.94. The van der Waals surface area contributed by atoms with E-state index in [1.807, 2.05) is 0 Å². The second kappa shape index (κ2) is 9.06. The molecule has 0 bridgehead atoms. The van der Waals surface area contributed by atoms with Crippen molar-refractivity contribution in [2.24, 2.45) is 11.7 Å². The first kappa shape index (κ1) is 21.0. The molecule has 3 rings (SSSR count). The van der Waals surface area contributed by atoms with Crippen molar-refractivity contribution in [1.82, 2.24) is 5.32 Å². The van der Waals surface area contributed by atoms with E-state index in [0.29, 0.717) is 36.7 Å². The molecule has 0 spiro atoms. The maximum atomic E-state index is 12.7. The Morgan fingerprint density at radius 2 is 1.96 bits per heavy atom. The number of nitrogens with one attached hydrogen (secondary N) is 1. The molecule has 1 aromatic rings. The molecule has 8 heteroatoms. The van der Waals surface area contributed by atoms with E-state index in [1.165, 1.54) is 23.6 Å². The van der Waals surface area contributed by atoms with Crippen LogP contribution in [0, 0.1) is 5.92 Å². The van der Waals surface area contributed by atoms with Crippen LogP contribution in [0.3, 0.4) is 0 Å². The van der Waals surface area contributed by atoms with E-state index >= 15 is 0 Å². The van der Waals surface area contributed by atoms with Crippen LogP contribution in [-0.4, -0.2) is 39.2 Å². The van der Waals surface area contributed by atoms with Gasteiger partial charge in [0.2, 0.25) is 10.0 Å². The van der Waals surface area contributed by atoms with Crippen molar-refractivity contribution in [3.63, 3.8) is 0 Å². The minimum atomic E-state index is -3.25. The highest BCUT2D eigenvalue weighted by Crippen LogP contribution is 2.27. The van der Waals surface area contributed by atoms with Gasteiger partial charge in [0.05, 0.1) is 11.4 Å². The SMILES string of the molecule is Cl.NCC(NC(=O)c1cccc(N2CCCS2(=O)=O)c1)C1CCCCC1. The van der Waals surface area contributed by atoms with Crippen molar-refractivity contribution in [1.29, 1.82) is 0 Å². The number of carbonyl (C=O) groups is 1. The Labute approximate surface area is 162 Å². The summed E-state index contributed by atoms with van der Waals surface area (Å²) in [4.78, 5) is 12.7. The molecule has 0 aromatic heterocycles. The maximum absolute atomic E-state index is 12.7. The highest BCUT2D eigenvalue weighted by atomic mass is 35.5. The lowest BCUT2D eigenvalue weighted by molar-refractivity contribution is 0.0915. The molecule has 146 valence electrons. The van der Waals surface area contributed by atoms with Crippen molar-refractivity contribution in [3.8, 4) is 0 Å². The zero-order chi connectivity index (χ0) is 17.9. The fourth-order valence-corrected chi connectivity index (χ4v) is 5.45. The smallest absolute Gasteiger partial charge is 0.251 e. The Morgan fingerprint density at radius 1 is 1.23 bits per heavy atom. The number of nitrogens with two attached hydrogens (primary N) is 1. The van der Waals surface area contributed by atoms with Crippen molar-refractivity contribution >= 4 is 34.0 Å². The van der Waals surface area contributed by atoms with Crippen molar-refractivity contribution in [3.05, 3.63) is 29.8 Å². The molecule has 1 aromatic carbocycles. The minimum Gasteiger partial charge on any atom is -0.348 e. The van der Waals surface area contributed by atoms with Gasteiger partial charge in [-0.3, -0.25) is 9.10 Å². The number of nitrogens with zero attached hydrogens (tertiary/aromatic N) is 1. The summed E-state index contributed by atoms with van der Waals surface area (Å²) in [6, 6.07) is 6.83. The first-order valence-electron chi connectivity index (χ1n) is 9.12. The Balaban J connectivity index is 0.00000243. The Hall–Kier alpha value is -1.31. The van der Waals surface area contributed by atoms with Gasteiger partial charge in [-0.25, -0.2) is 8.42 Å². The lowest BCUT2D eigenvalue weighted by atomic mass is 9.84. The quantitative estimate of drug-likeness (QED) is 0.791. The molecular formula is C18H28ClN3O3S. The molecule has 6 nitrogen and oxygen atoms in total. The van der Waals surface area contributed by atoms with Crippen LogP contribution in [0.25, 0.3) is 0 Å². The largest absolute Gasteiger partial charge is 0.348 e. The van der Waals surface area contributed by atoms with E-state index < -0.39 is 10.0 Å². The lowest BCUT2D eigenvalue weighted by Gasteiger charge is -2.30. The molecule has 1 aliphatic carbocycles. The number of rotatable bonds is 5. The third-order valence-corrected chi connectivity index (χ3v) is 7.15. The van der Waals surface area contributed by atoms with Gasteiger partial charge < -0.3 is 11.1 Å². The molecule has 3 N–H and O–H groups in total. The number of amides is 1. The number of sulfonamides is 1. The average Bonchev–Trinajstić information content (AvgIpc) is 2.99. The molecule has 1 amide bonds. The Kier molecular flexibility index (Phi) is 7.32. The summed E-state index contributed by atoms with van der Waals surface area (Å²) >= 11 is 0. The zero-order valence-electron chi connectivity index (χ0n) is 14.9. The van der Waals surface area contributed by atoms with Crippen molar-refractivity contribution in [2.45, 2.75) is 44.6 Å². The standard InChI is InChI=1S/C18H27N3O3S.ClH/c19-13-17(14-6-2-1-3-7-14)20-18(22)15-8-4-9-16(12-15)21-10-5-11-25(21,23)24;/h4,8-9,12,14,17H,1-3,5-7,10-11,13,19H2,(H,20,22);1H. The fourth-order valence-electron chi connectivity index (χ4n) is 3.89. The number of anilines is 1. The molecule has 0 radical (unpaired) electrons. The summed E-state index contributed by atoms with van der Waals surface area (Å²) < 4.78 is 25.6. The average molecular weight is 402 g/mol. The molecule has 2 fully saturated rings. The molecule has 1 unspecified atom stereocenters. The van der Waals surface area contributed by atoms with Gasteiger partial charge in [-0.15, -0.1) is 12.4 Å². The van der Waals surface area contributed by atoms with Gasteiger partial charge in [-0.05, 0) is 43.4 Å². The van der Waals surface area contributed by atoms with Gasteiger partial charge in [-0.2, -0.15) is 0 Å². The van der Waals surface area contributed by atoms with Gasteiger partial charge >= 0.3 is 0 Å². The third-order valence-electron chi connectivity index (χ3n) is 5.28. The first-order chi connectivity index (χ1) is 12.0. The van der Waals surface area contributed by atoms with Crippen LogP contribution in [0.4, 0.5) is 5.69 Å². The molecular weight excluding hydrogens is 374 g/mol. The third kappa shape index (κ3) is 4.69. The van der Waals surface area contributed by atoms with Gasteiger partial charge in [0.15, 0.2) is 0 Å². The van der Waals surface area contributed by atoms with Crippen LogP contribution in [0.2, 0.25) is 0 Å². The van der Waals surface area contributed by atoms with Gasteiger partial charge in [-0.1, -0.05) is 25.3 Å². The Bertz CT molecular complexity index is 720. The molecule has 1 atom stereocenters. The van der Waals surface area contributed by atoms with Crippen molar-refractivity contribution < 1.29 is 13.2 Å². The second-order valence-electron chi connectivity index (χ2n) is 7.01. The molecule has 26 heavy (non-hydrogen) atoms. The summed E-state index contributed by atoms with van der Waals surface area (Å²) in [6.45, 7) is 0.900. The highest BCUT2D eigenvalue weighted by Gasteiger charge is 2.29. The van der Waals surface area contributed by atoms with Crippen LogP contribution in [-0.2, 0) is 10.0 Å². The number of halogens is 1. The van der Waals surface area contributed by atoms with Crippen LogP contribution < -0.4 is 15.4 Å². The van der Waals surface area contributed by atoms with Crippen LogP contribution in [0.5, 0.6) is 0 Å². The molecule has 1 saturated carbocycles. The Morgan fingerprint density at radius 3 is 2.58 bits per heavy atom. The fraction of sp³-hybridized carbons (Fsp3) is 0.611. The monoisotopic (exact) mass is 401 g/mol. The van der Waals surface area contributed by atoms with E-state index in [2.05, 4.69) is 5.32 Å². The number of benzene rings is 1. The zero-order valence-corrected chi connectivity index (χ0v) is 16.5. The summed E-state index contributed by atoms with van der Waals surface area (Å²) in [5, 5.41) is 3.06. The highest BCUT2D eigenvalue weighted by molar-refractivity contribution is 7.93. The van der Waals surface area contributed by atoms with Gasteiger partial charge in [0.25, 0.3) is 5.91 Å². The van der Waals surface area contributed by atoms with Gasteiger partial charge in [0.1, 0.15) is 0 Å². The predicted molar refractivity (Wildman–Crippen MR) is 106 cm³/mol. The second-order valence-corrected chi connectivity index (χ2v) is 9.02. The van der Waals surface area contributed by atoms with E-state index in [4.69, 9.17) is 5.73 Å². The molecule has 1 saturated heterocycles. The van der Waals surface area contributed by atoms with Crippen LogP contribution >= 0.6 is 12.4 Å². The topological polar surface area (TPSA) is 92.5 Å². The first-order valence-corrected chi connectivity index (χ1v) is 10.7. The molecule has 2 aliphatic rings. The normalized spacial score (nSPS) is 21.0. The predicted octanol–water partition coefficient (Wildman–Crippen LogP) is 2.29. The van der Waals surface area contributed by atoms with Crippen LogP contribution in [0.15, 0.2) is 24.3 Å². The molecule has 1 heterocycles. The van der Waals surface area contributed by atoms with E-state index in [1.54, 1.807) is 24.3 Å². The number of hydrogen-bond donors (Lipinski definition) is 2. The maximum Gasteiger partial charge on any atom is 0.251 e. The van der Waals surface area contributed by atoms with E-state index in [9.17, 15) is 13.2 Å². The van der Waals surface area contributed by atoms with Crippen LogP contribution in [0.1, 0.15) is 48.9 Å². The van der Waals surface area contributed by atoms with E-state index in [-0.39, 0.29) is 30.1 Å². The summed E-state index contributed by atoms with van der Waals surface area (Å²) in [6.07, 6.45) is 6.48.